The van der Waals surface area contributed by atoms with Crippen LogP contribution < -0.4 is 5.32 Å². The smallest absolute Gasteiger partial charge is 0.305 e. The van der Waals surface area contributed by atoms with Crippen LogP contribution in [0.2, 0.25) is 0 Å². The third kappa shape index (κ3) is 8.91. The number of esters is 1. The Kier molecular flexibility index (Phi) is 12.2. The topological polar surface area (TPSA) is 85.4 Å². The van der Waals surface area contributed by atoms with Crippen LogP contribution in [0.1, 0.15) is 80.4 Å². The molecule has 43 heavy (non-hydrogen) atoms. The molecule has 1 unspecified atom stereocenters. The summed E-state index contributed by atoms with van der Waals surface area (Å²) in [7, 11) is 0. The molecular weight excluding hydrogens is 540 g/mol. The zero-order valence-corrected chi connectivity index (χ0v) is 26.2. The number of hydrogen-bond donors (Lipinski definition) is 2. The number of piperazine rings is 1. The molecule has 2 aromatic carbocycles. The van der Waals surface area contributed by atoms with Crippen molar-refractivity contribution in [2.24, 2.45) is 0 Å². The highest BCUT2D eigenvalue weighted by Gasteiger charge is 2.35. The van der Waals surface area contributed by atoms with Crippen LogP contribution in [0.15, 0.2) is 61.2 Å². The van der Waals surface area contributed by atoms with Gasteiger partial charge in [0.25, 0.3) is 5.91 Å². The van der Waals surface area contributed by atoms with Crippen LogP contribution in [0.25, 0.3) is 0 Å². The van der Waals surface area contributed by atoms with Gasteiger partial charge in [0.15, 0.2) is 0 Å². The first kappa shape index (κ1) is 32.7. The van der Waals surface area contributed by atoms with Crippen LogP contribution in [-0.4, -0.2) is 95.7 Å². The van der Waals surface area contributed by atoms with E-state index in [-0.39, 0.29) is 29.7 Å². The molecule has 8 nitrogen and oxygen atoms in total. The molecule has 0 aromatic heterocycles. The molecule has 234 valence electrons. The van der Waals surface area contributed by atoms with Gasteiger partial charge in [-0.15, -0.1) is 6.58 Å². The summed E-state index contributed by atoms with van der Waals surface area (Å²) in [4.78, 5) is 32.1. The van der Waals surface area contributed by atoms with Crippen molar-refractivity contribution in [2.45, 2.75) is 77.0 Å². The first-order valence-electron chi connectivity index (χ1n) is 16.0. The van der Waals surface area contributed by atoms with Crippen molar-refractivity contribution in [1.82, 2.24) is 20.0 Å². The second-order valence-corrected chi connectivity index (χ2v) is 12.0. The number of likely N-dealkylation sites (tertiary alicyclic amines) is 1. The van der Waals surface area contributed by atoms with Crippen molar-refractivity contribution < 1.29 is 19.4 Å². The molecule has 3 atom stereocenters. The molecule has 2 N–H and O–H groups in total. The minimum atomic E-state index is -0.123. The number of aromatic hydroxyl groups is 1. The van der Waals surface area contributed by atoms with E-state index in [0.717, 1.165) is 76.1 Å². The third-order valence-electron chi connectivity index (χ3n) is 8.82. The average Bonchev–Trinajstić information content (AvgIpc) is 3.00. The Labute approximate surface area is 257 Å². The van der Waals surface area contributed by atoms with Gasteiger partial charge in [-0.25, -0.2) is 0 Å². The molecule has 0 radical (unpaired) electrons. The van der Waals surface area contributed by atoms with E-state index in [1.165, 1.54) is 0 Å². The number of nitrogens with one attached hydrogen (secondary N) is 1. The summed E-state index contributed by atoms with van der Waals surface area (Å²) in [6.45, 7) is 15.7. The van der Waals surface area contributed by atoms with E-state index in [1.807, 2.05) is 42.2 Å². The number of benzene rings is 2. The van der Waals surface area contributed by atoms with Gasteiger partial charge in [-0.1, -0.05) is 30.3 Å². The quantitative estimate of drug-likeness (QED) is 0.193. The standard InChI is InChI=1S/C35H50N4O4/c1-5-19-38-24-27(4)39(25-26(38)3)34(29-12-10-14-32(40)23-29)28-11-9-13-30(22-28)35(42)37-20-16-31(17-21-37)36-18-8-7-15-33(41)43-6-2/h5,9-14,22-23,26-27,31,34,36,40H,1,6-8,15-21,24-25H2,2-4H3/t26-,27-,34?/m1/s1. The maximum atomic E-state index is 13.7. The lowest BCUT2D eigenvalue weighted by molar-refractivity contribution is -0.143. The van der Waals surface area contributed by atoms with Crippen LogP contribution in [0.5, 0.6) is 5.75 Å². The Hall–Kier alpha value is -3.20. The van der Waals surface area contributed by atoms with Crippen molar-refractivity contribution >= 4 is 11.9 Å². The molecular formula is C35H50N4O4. The van der Waals surface area contributed by atoms with E-state index in [2.05, 4.69) is 53.7 Å². The van der Waals surface area contributed by atoms with Crippen LogP contribution in [0.3, 0.4) is 0 Å². The second-order valence-electron chi connectivity index (χ2n) is 12.0. The number of carbonyl (C=O) groups excluding carboxylic acids is 2. The highest BCUT2D eigenvalue weighted by molar-refractivity contribution is 5.94. The fourth-order valence-corrected chi connectivity index (χ4v) is 6.52. The number of amides is 1. The molecule has 0 saturated carbocycles. The lowest BCUT2D eigenvalue weighted by Crippen LogP contribution is -2.57. The predicted molar refractivity (Wildman–Crippen MR) is 171 cm³/mol. The van der Waals surface area contributed by atoms with Crippen LogP contribution in [0.4, 0.5) is 0 Å². The zero-order valence-electron chi connectivity index (χ0n) is 26.2. The van der Waals surface area contributed by atoms with E-state index in [9.17, 15) is 14.7 Å². The molecule has 2 aliphatic heterocycles. The summed E-state index contributed by atoms with van der Waals surface area (Å²) < 4.78 is 4.99. The van der Waals surface area contributed by atoms with Crippen LogP contribution in [0, 0.1) is 0 Å². The Bertz CT molecular complexity index is 1210. The molecule has 2 fully saturated rings. The Balaban J connectivity index is 1.41. The van der Waals surface area contributed by atoms with Gasteiger partial charge in [0.05, 0.1) is 12.6 Å². The molecule has 2 heterocycles. The molecule has 0 spiro atoms. The Morgan fingerprint density at radius 2 is 1.77 bits per heavy atom. The van der Waals surface area contributed by atoms with Crippen molar-refractivity contribution in [1.29, 1.82) is 0 Å². The molecule has 2 saturated heterocycles. The second kappa shape index (κ2) is 16.0. The van der Waals surface area contributed by atoms with Crippen LogP contribution in [-0.2, 0) is 9.53 Å². The lowest BCUT2D eigenvalue weighted by Gasteiger charge is -2.47. The van der Waals surface area contributed by atoms with Gasteiger partial charge in [0.2, 0.25) is 0 Å². The molecule has 0 aliphatic carbocycles. The number of ether oxygens (including phenoxy) is 1. The van der Waals surface area contributed by atoms with Gasteiger partial charge in [-0.2, -0.15) is 0 Å². The number of hydrogen-bond acceptors (Lipinski definition) is 7. The molecule has 2 aliphatic rings. The fourth-order valence-electron chi connectivity index (χ4n) is 6.52. The van der Waals surface area contributed by atoms with Crippen molar-refractivity contribution in [3.05, 3.63) is 77.9 Å². The van der Waals surface area contributed by atoms with Gasteiger partial charge in [-0.05, 0) is 88.4 Å². The Morgan fingerprint density at radius 3 is 2.47 bits per heavy atom. The van der Waals surface area contributed by atoms with Gasteiger partial charge in [0.1, 0.15) is 5.75 Å². The summed E-state index contributed by atoms with van der Waals surface area (Å²) in [5.41, 5.74) is 2.79. The minimum Gasteiger partial charge on any atom is -0.508 e. The molecule has 4 rings (SSSR count). The van der Waals surface area contributed by atoms with Gasteiger partial charge in [0, 0.05) is 62.8 Å². The van der Waals surface area contributed by atoms with E-state index < -0.39 is 0 Å². The van der Waals surface area contributed by atoms with Gasteiger partial charge < -0.3 is 20.1 Å². The normalized spacial score (nSPS) is 21.0. The van der Waals surface area contributed by atoms with Crippen molar-refractivity contribution in [2.75, 3.05) is 45.9 Å². The molecule has 1 amide bonds. The maximum absolute atomic E-state index is 13.7. The summed E-state index contributed by atoms with van der Waals surface area (Å²) in [6, 6.07) is 16.5. The fraction of sp³-hybridized carbons (Fsp3) is 0.543. The number of piperidine rings is 1. The maximum Gasteiger partial charge on any atom is 0.305 e. The minimum absolute atomic E-state index is 0.0709. The summed E-state index contributed by atoms with van der Waals surface area (Å²) >= 11 is 0. The first-order chi connectivity index (χ1) is 20.8. The summed E-state index contributed by atoms with van der Waals surface area (Å²) in [6.07, 6.45) is 6.03. The van der Waals surface area contributed by atoms with Crippen molar-refractivity contribution in [3.8, 4) is 5.75 Å². The summed E-state index contributed by atoms with van der Waals surface area (Å²) in [5.74, 6) is 0.194. The summed E-state index contributed by atoms with van der Waals surface area (Å²) in [5, 5.41) is 14.0. The van der Waals surface area contributed by atoms with Gasteiger partial charge in [-0.3, -0.25) is 19.4 Å². The van der Waals surface area contributed by atoms with E-state index in [0.29, 0.717) is 30.7 Å². The lowest BCUT2D eigenvalue weighted by atomic mass is 9.92. The first-order valence-corrected chi connectivity index (χ1v) is 16.0. The monoisotopic (exact) mass is 590 g/mol. The molecule has 8 heteroatoms. The number of carbonyl (C=O) groups is 2. The highest BCUT2D eigenvalue weighted by Crippen LogP contribution is 2.35. The largest absolute Gasteiger partial charge is 0.508 e. The third-order valence-corrected chi connectivity index (χ3v) is 8.82. The van der Waals surface area contributed by atoms with Crippen LogP contribution >= 0.6 is 0 Å². The number of rotatable bonds is 13. The van der Waals surface area contributed by atoms with E-state index in [4.69, 9.17) is 4.74 Å². The SMILES string of the molecule is C=CCN1C[C@@H](C)N(C(c2cccc(O)c2)c2cccc(C(=O)N3CCC(NCCCCC(=O)OCC)CC3)c2)C[C@H]1C. The van der Waals surface area contributed by atoms with Gasteiger partial charge >= 0.3 is 5.97 Å². The van der Waals surface area contributed by atoms with Crippen molar-refractivity contribution in [3.63, 3.8) is 0 Å². The molecule has 0 bridgehead atoms. The highest BCUT2D eigenvalue weighted by atomic mass is 16.5. The number of unbranched alkanes of at least 4 members (excludes halogenated alkanes) is 1. The number of phenols is 1. The predicted octanol–water partition coefficient (Wildman–Crippen LogP) is 4.99. The Morgan fingerprint density at radius 1 is 1.05 bits per heavy atom. The van der Waals surface area contributed by atoms with E-state index >= 15 is 0 Å². The zero-order chi connectivity index (χ0) is 30.8. The van der Waals surface area contributed by atoms with E-state index in [1.54, 1.807) is 6.07 Å². The average molecular weight is 591 g/mol. The number of nitrogens with zero attached hydrogens (tertiary/aromatic N) is 3. The number of phenolic OH excluding ortho intramolecular Hbond substituents is 1. The molecule has 2 aromatic rings.